The SMILES string of the molecule is Cc1cccc(-c2noc(CN(C)Cc3cc([N+](=O)[O-])ccc3Cl)n2)c1. The van der Waals surface area contributed by atoms with Crippen molar-refractivity contribution in [2.75, 3.05) is 7.05 Å². The van der Waals surface area contributed by atoms with E-state index >= 15 is 0 Å². The first-order chi connectivity index (χ1) is 12.4. The normalized spacial score (nSPS) is 11.1. The van der Waals surface area contributed by atoms with Gasteiger partial charge < -0.3 is 4.52 Å². The number of rotatable bonds is 6. The number of halogens is 1. The van der Waals surface area contributed by atoms with E-state index in [9.17, 15) is 10.1 Å². The quantitative estimate of drug-likeness (QED) is 0.475. The lowest BCUT2D eigenvalue weighted by Crippen LogP contribution is -2.17. The lowest BCUT2D eigenvalue weighted by atomic mass is 10.1. The molecule has 0 saturated carbocycles. The number of hydrogen-bond donors (Lipinski definition) is 0. The minimum absolute atomic E-state index is 0.0114. The lowest BCUT2D eigenvalue weighted by molar-refractivity contribution is -0.384. The minimum Gasteiger partial charge on any atom is -0.338 e. The zero-order valence-corrected chi connectivity index (χ0v) is 15.1. The highest BCUT2D eigenvalue weighted by atomic mass is 35.5. The summed E-state index contributed by atoms with van der Waals surface area (Å²) in [6, 6.07) is 12.3. The molecule has 0 unspecified atom stereocenters. The van der Waals surface area contributed by atoms with Gasteiger partial charge in [0, 0.05) is 29.3 Å². The molecule has 0 atom stereocenters. The molecule has 0 fully saturated rings. The lowest BCUT2D eigenvalue weighted by Gasteiger charge is -2.15. The van der Waals surface area contributed by atoms with E-state index in [-0.39, 0.29) is 5.69 Å². The predicted octanol–water partition coefficient (Wildman–Crippen LogP) is 4.24. The van der Waals surface area contributed by atoms with Crippen LogP contribution in [0.15, 0.2) is 47.0 Å². The van der Waals surface area contributed by atoms with Crippen LogP contribution < -0.4 is 0 Å². The molecule has 2 aromatic carbocycles. The van der Waals surface area contributed by atoms with Gasteiger partial charge in [0.1, 0.15) is 0 Å². The first-order valence-corrected chi connectivity index (χ1v) is 8.31. The highest BCUT2D eigenvalue weighted by Gasteiger charge is 2.14. The fraction of sp³-hybridized carbons (Fsp3) is 0.222. The second-order valence-corrected chi connectivity index (χ2v) is 6.49. The number of nitro groups is 1. The Morgan fingerprint density at radius 3 is 2.77 bits per heavy atom. The van der Waals surface area contributed by atoms with Crippen LogP contribution in [0.5, 0.6) is 0 Å². The number of aryl methyl sites for hydroxylation is 1. The molecule has 1 aromatic heterocycles. The van der Waals surface area contributed by atoms with Crippen molar-refractivity contribution < 1.29 is 9.45 Å². The number of nitro benzene ring substituents is 1. The maximum absolute atomic E-state index is 10.9. The van der Waals surface area contributed by atoms with Crippen LogP contribution in [0.1, 0.15) is 17.0 Å². The molecule has 0 aliphatic rings. The number of aromatic nitrogens is 2. The van der Waals surface area contributed by atoms with Crippen molar-refractivity contribution in [1.82, 2.24) is 15.0 Å². The molecule has 134 valence electrons. The maximum atomic E-state index is 10.9. The van der Waals surface area contributed by atoms with Gasteiger partial charge >= 0.3 is 0 Å². The van der Waals surface area contributed by atoms with Crippen LogP contribution in [0, 0.1) is 17.0 Å². The third kappa shape index (κ3) is 4.25. The van der Waals surface area contributed by atoms with Crippen molar-refractivity contribution in [3.8, 4) is 11.4 Å². The van der Waals surface area contributed by atoms with Gasteiger partial charge in [0.25, 0.3) is 5.69 Å². The number of non-ortho nitro benzene ring substituents is 1. The minimum atomic E-state index is -0.439. The second-order valence-electron chi connectivity index (χ2n) is 6.09. The standard InChI is InChI=1S/C18H17ClN4O3/c1-12-4-3-5-13(8-12)18-20-17(26-21-18)11-22(2)10-14-9-15(23(24)25)6-7-16(14)19/h3-9H,10-11H2,1-2H3. The highest BCUT2D eigenvalue weighted by Crippen LogP contribution is 2.24. The molecule has 3 aromatic rings. The van der Waals surface area contributed by atoms with Crippen LogP contribution in [0.25, 0.3) is 11.4 Å². The summed E-state index contributed by atoms with van der Waals surface area (Å²) >= 11 is 6.15. The van der Waals surface area contributed by atoms with E-state index in [2.05, 4.69) is 10.1 Å². The Morgan fingerprint density at radius 2 is 2.04 bits per heavy atom. The molecule has 7 nitrogen and oxygen atoms in total. The van der Waals surface area contributed by atoms with E-state index in [1.54, 1.807) is 0 Å². The van der Waals surface area contributed by atoms with Gasteiger partial charge in [0.15, 0.2) is 0 Å². The van der Waals surface area contributed by atoms with Crippen molar-refractivity contribution in [2.24, 2.45) is 0 Å². The average molecular weight is 373 g/mol. The molecule has 0 aliphatic carbocycles. The molecule has 0 radical (unpaired) electrons. The van der Waals surface area contributed by atoms with Gasteiger partial charge in [-0.05, 0) is 31.7 Å². The molecule has 3 rings (SSSR count). The van der Waals surface area contributed by atoms with Crippen LogP contribution in [0.2, 0.25) is 5.02 Å². The maximum Gasteiger partial charge on any atom is 0.269 e. The third-order valence-electron chi connectivity index (χ3n) is 3.83. The first-order valence-electron chi connectivity index (χ1n) is 7.93. The Balaban J connectivity index is 1.70. The highest BCUT2D eigenvalue weighted by molar-refractivity contribution is 6.31. The molecular formula is C18H17ClN4O3. The van der Waals surface area contributed by atoms with Crippen LogP contribution >= 0.6 is 11.6 Å². The number of benzene rings is 2. The molecule has 0 amide bonds. The fourth-order valence-electron chi connectivity index (χ4n) is 2.59. The van der Waals surface area contributed by atoms with E-state index in [0.29, 0.717) is 35.4 Å². The summed E-state index contributed by atoms with van der Waals surface area (Å²) in [5, 5.41) is 15.4. The van der Waals surface area contributed by atoms with Crippen LogP contribution in [-0.4, -0.2) is 27.0 Å². The summed E-state index contributed by atoms with van der Waals surface area (Å²) in [4.78, 5) is 16.8. The zero-order chi connectivity index (χ0) is 18.7. The Morgan fingerprint density at radius 1 is 1.23 bits per heavy atom. The molecule has 8 heteroatoms. The van der Waals surface area contributed by atoms with Gasteiger partial charge in [0.05, 0.1) is 11.5 Å². The van der Waals surface area contributed by atoms with E-state index < -0.39 is 4.92 Å². The molecule has 0 spiro atoms. The zero-order valence-electron chi connectivity index (χ0n) is 14.3. The van der Waals surface area contributed by atoms with E-state index in [1.807, 2.05) is 43.1 Å². The van der Waals surface area contributed by atoms with Crippen molar-refractivity contribution in [1.29, 1.82) is 0 Å². The molecule has 0 aliphatic heterocycles. The number of nitrogens with zero attached hydrogens (tertiary/aromatic N) is 4. The monoisotopic (exact) mass is 372 g/mol. The van der Waals surface area contributed by atoms with E-state index in [4.69, 9.17) is 16.1 Å². The summed E-state index contributed by atoms with van der Waals surface area (Å²) in [6.07, 6.45) is 0. The third-order valence-corrected chi connectivity index (χ3v) is 4.20. The average Bonchev–Trinajstić information content (AvgIpc) is 3.05. The molecule has 1 heterocycles. The topological polar surface area (TPSA) is 85.3 Å². The smallest absolute Gasteiger partial charge is 0.269 e. The van der Waals surface area contributed by atoms with Crippen molar-refractivity contribution in [2.45, 2.75) is 20.0 Å². The summed E-state index contributed by atoms with van der Waals surface area (Å²) in [6.45, 7) is 2.82. The summed E-state index contributed by atoms with van der Waals surface area (Å²) in [7, 11) is 1.85. The first kappa shape index (κ1) is 18.0. The molecular weight excluding hydrogens is 356 g/mol. The summed E-state index contributed by atoms with van der Waals surface area (Å²) in [5.41, 5.74) is 2.69. The largest absolute Gasteiger partial charge is 0.338 e. The van der Waals surface area contributed by atoms with Crippen LogP contribution in [0.4, 0.5) is 5.69 Å². The Kier molecular flexibility index (Phi) is 5.29. The number of hydrogen-bond acceptors (Lipinski definition) is 6. The van der Waals surface area contributed by atoms with Crippen LogP contribution in [-0.2, 0) is 13.1 Å². The molecule has 26 heavy (non-hydrogen) atoms. The molecule has 0 bridgehead atoms. The summed E-state index contributed by atoms with van der Waals surface area (Å²) in [5.74, 6) is 0.996. The van der Waals surface area contributed by atoms with Gasteiger partial charge in [-0.1, -0.05) is 40.5 Å². The Labute approximate surface area is 155 Å². The van der Waals surface area contributed by atoms with Gasteiger partial charge in [0.2, 0.25) is 11.7 Å². The van der Waals surface area contributed by atoms with E-state index in [1.165, 1.54) is 18.2 Å². The predicted molar refractivity (Wildman–Crippen MR) is 97.7 cm³/mol. The molecule has 0 N–H and O–H groups in total. The Hall–Kier alpha value is -2.77. The Bertz CT molecular complexity index is 942. The van der Waals surface area contributed by atoms with Gasteiger partial charge in [-0.15, -0.1) is 0 Å². The molecule has 0 saturated heterocycles. The second kappa shape index (κ2) is 7.63. The van der Waals surface area contributed by atoms with Crippen LogP contribution in [0.3, 0.4) is 0 Å². The summed E-state index contributed by atoms with van der Waals surface area (Å²) < 4.78 is 5.32. The van der Waals surface area contributed by atoms with Gasteiger partial charge in [-0.3, -0.25) is 15.0 Å². The van der Waals surface area contributed by atoms with Crippen molar-refractivity contribution in [3.05, 3.63) is 74.6 Å². The van der Waals surface area contributed by atoms with Gasteiger partial charge in [-0.25, -0.2) is 0 Å². The van der Waals surface area contributed by atoms with E-state index in [0.717, 1.165) is 11.1 Å². The fourth-order valence-corrected chi connectivity index (χ4v) is 2.77. The van der Waals surface area contributed by atoms with Gasteiger partial charge in [-0.2, -0.15) is 4.98 Å². The van der Waals surface area contributed by atoms with Crippen molar-refractivity contribution >= 4 is 17.3 Å². The van der Waals surface area contributed by atoms with Crippen molar-refractivity contribution in [3.63, 3.8) is 0 Å².